The summed E-state index contributed by atoms with van der Waals surface area (Å²) in [5.74, 6) is 0. The van der Waals surface area contributed by atoms with Crippen LogP contribution in [0.2, 0.25) is 0 Å². The van der Waals surface area contributed by atoms with E-state index in [4.69, 9.17) is 14.0 Å². The van der Waals surface area contributed by atoms with E-state index in [-0.39, 0.29) is 24.4 Å². The van der Waals surface area contributed by atoms with Crippen LogP contribution in [0, 0.1) is 10.5 Å². The van der Waals surface area contributed by atoms with Gasteiger partial charge in [0.15, 0.2) is 0 Å². The van der Waals surface area contributed by atoms with Crippen LogP contribution >= 0.6 is 22.6 Å². The van der Waals surface area contributed by atoms with Gasteiger partial charge in [-0.2, -0.15) is 0 Å². The van der Waals surface area contributed by atoms with Gasteiger partial charge in [-0.3, -0.25) is 4.90 Å². The minimum atomic E-state index is -0.462. The van der Waals surface area contributed by atoms with Crippen molar-refractivity contribution in [2.75, 3.05) is 26.2 Å². The van der Waals surface area contributed by atoms with Crippen LogP contribution in [0.3, 0.4) is 0 Å². The molecule has 0 N–H and O–H groups in total. The van der Waals surface area contributed by atoms with Crippen molar-refractivity contribution in [1.82, 2.24) is 9.80 Å². The lowest BCUT2D eigenvalue weighted by atomic mass is 9.77. The molecule has 0 spiro atoms. The summed E-state index contributed by atoms with van der Waals surface area (Å²) in [6.07, 6.45) is -0.222. The summed E-state index contributed by atoms with van der Waals surface area (Å²) in [5, 5.41) is 0. The van der Waals surface area contributed by atoms with E-state index < -0.39 is 5.60 Å². The zero-order valence-corrected chi connectivity index (χ0v) is 22.3. The van der Waals surface area contributed by atoms with Crippen LogP contribution in [0.25, 0.3) is 0 Å². The Morgan fingerprint density at radius 1 is 1.10 bits per heavy atom. The molecule has 0 aliphatic carbocycles. The molecule has 0 radical (unpaired) electrons. The number of amides is 1. The minimum absolute atomic E-state index is 0.222. The first kappa shape index (κ1) is 24.8. The molecule has 2 aliphatic rings. The molecule has 1 aromatic carbocycles. The highest BCUT2D eigenvalue weighted by Crippen LogP contribution is 2.36. The second-order valence-electron chi connectivity index (χ2n) is 10.6. The Bertz CT molecular complexity index is 814. The molecule has 2 aliphatic heterocycles. The van der Waals surface area contributed by atoms with E-state index in [1.165, 1.54) is 14.7 Å². The largest absolute Gasteiger partial charge is 0.494 e. The van der Waals surface area contributed by atoms with Crippen molar-refractivity contribution in [3.05, 3.63) is 26.8 Å². The minimum Gasteiger partial charge on any atom is -0.444 e. The number of hydrogen-bond donors (Lipinski definition) is 0. The summed E-state index contributed by atoms with van der Waals surface area (Å²) in [6.45, 7) is 20.1. The van der Waals surface area contributed by atoms with Gasteiger partial charge in [-0.25, -0.2) is 4.79 Å². The quantitative estimate of drug-likeness (QED) is 0.428. The zero-order chi connectivity index (χ0) is 23.2. The first-order chi connectivity index (χ1) is 14.2. The second-order valence-corrected chi connectivity index (χ2v) is 11.8. The predicted molar refractivity (Wildman–Crippen MR) is 133 cm³/mol. The molecule has 0 saturated carbocycles. The average Bonchev–Trinajstić information content (AvgIpc) is 2.85. The fourth-order valence-electron chi connectivity index (χ4n) is 3.69. The predicted octanol–water partition coefficient (Wildman–Crippen LogP) is 3.95. The van der Waals surface area contributed by atoms with E-state index in [2.05, 4.69) is 74.2 Å². The Morgan fingerprint density at radius 2 is 1.65 bits per heavy atom. The summed E-state index contributed by atoms with van der Waals surface area (Å²) in [7, 11) is -0.359. The number of benzene rings is 1. The lowest BCUT2D eigenvalue weighted by Gasteiger charge is -2.36. The van der Waals surface area contributed by atoms with Crippen molar-refractivity contribution < 1.29 is 18.8 Å². The molecular weight excluding hydrogens is 506 g/mol. The van der Waals surface area contributed by atoms with E-state index in [0.717, 1.165) is 25.1 Å². The van der Waals surface area contributed by atoms with Crippen LogP contribution in [0.4, 0.5) is 4.79 Å². The zero-order valence-electron chi connectivity index (χ0n) is 20.2. The smallest absolute Gasteiger partial charge is 0.444 e. The SMILES string of the molecule is Cc1c(I)cc(B2OC(C)(C)C(C)(C)O2)cc1CN1CCN(C(=O)OC(C)(C)C)CC1. The van der Waals surface area contributed by atoms with Crippen molar-refractivity contribution in [1.29, 1.82) is 0 Å². The molecular formula is C23H36BIN2O4. The van der Waals surface area contributed by atoms with Gasteiger partial charge < -0.3 is 18.9 Å². The summed E-state index contributed by atoms with van der Waals surface area (Å²) >= 11 is 2.40. The Labute approximate surface area is 201 Å². The topological polar surface area (TPSA) is 51.2 Å². The molecule has 0 atom stereocenters. The van der Waals surface area contributed by atoms with Crippen molar-refractivity contribution in [2.24, 2.45) is 0 Å². The number of rotatable bonds is 3. The van der Waals surface area contributed by atoms with E-state index in [9.17, 15) is 4.79 Å². The maximum absolute atomic E-state index is 12.3. The van der Waals surface area contributed by atoms with Crippen molar-refractivity contribution >= 4 is 41.3 Å². The van der Waals surface area contributed by atoms with Crippen LogP contribution in [0.15, 0.2) is 12.1 Å². The lowest BCUT2D eigenvalue weighted by Crippen LogP contribution is -2.49. The van der Waals surface area contributed by atoms with Crippen LogP contribution in [0.1, 0.15) is 59.6 Å². The van der Waals surface area contributed by atoms with Gasteiger partial charge in [-0.1, -0.05) is 6.07 Å². The summed E-state index contributed by atoms with van der Waals surface area (Å²) in [4.78, 5) is 16.5. The van der Waals surface area contributed by atoms with E-state index in [1.807, 2.05) is 20.8 Å². The Morgan fingerprint density at radius 3 is 2.16 bits per heavy atom. The van der Waals surface area contributed by atoms with Crippen LogP contribution in [-0.2, 0) is 20.6 Å². The molecule has 2 fully saturated rings. The lowest BCUT2D eigenvalue weighted by molar-refractivity contribution is 0.00578. The molecule has 2 saturated heterocycles. The van der Waals surface area contributed by atoms with Crippen LogP contribution in [0.5, 0.6) is 0 Å². The van der Waals surface area contributed by atoms with E-state index >= 15 is 0 Å². The number of halogens is 1. The van der Waals surface area contributed by atoms with E-state index in [1.54, 1.807) is 4.90 Å². The first-order valence-corrected chi connectivity index (χ1v) is 12.1. The third-order valence-electron chi connectivity index (χ3n) is 6.42. The molecule has 0 aromatic heterocycles. The van der Waals surface area contributed by atoms with Crippen molar-refractivity contribution in [3.8, 4) is 0 Å². The summed E-state index contributed by atoms with van der Waals surface area (Å²) < 4.78 is 19.3. The molecule has 1 aromatic rings. The van der Waals surface area contributed by atoms with Gasteiger partial charge in [0.25, 0.3) is 0 Å². The normalized spacial score (nSPS) is 21.5. The molecule has 0 unspecified atom stereocenters. The van der Waals surface area contributed by atoms with E-state index in [0.29, 0.717) is 13.1 Å². The Hall–Kier alpha value is -0.835. The molecule has 3 rings (SSSR count). The molecule has 0 bridgehead atoms. The molecule has 172 valence electrons. The molecule has 31 heavy (non-hydrogen) atoms. The van der Waals surface area contributed by atoms with Gasteiger partial charge in [0.05, 0.1) is 11.2 Å². The Balaban J connectivity index is 1.67. The van der Waals surface area contributed by atoms with Crippen molar-refractivity contribution in [3.63, 3.8) is 0 Å². The fraction of sp³-hybridized carbons (Fsp3) is 0.696. The number of hydrogen-bond acceptors (Lipinski definition) is 5. The number of carbonyl (C=O) groups is 1. The Kier molecular flexibility index (Phi) is 7.07. The number of piperazine rings is 1. The van der Waals surface area contributed by atoms with Gasteiger partial charge in [-0.05, 0) is 101 Å². The first-order valence-electron chi connectivity index (χ1n) is 11.0. The van der Waals surface area contributed by atoms with Gasteiger partial charge in [-0.15, -0.1) is 0 Å². The summed E-state index contributed by atoms with van der Waals surface area (Å²) in [5.41, 5.74) is 2.46. The van der Waals surface area contributed by atoms with Gasteiger partial charge in [0.1, 0.15) is 5.60 Å². The second kappa shape index (κ2) is 8.84. The highest BCUT2D eigenvalue weighted by Gasteiger charge is 2.51. The van der Waals surface area contributed by atoms with Gasteiger partial charge >= 0.3 is 13.2 Å². The molecule has 6 nitrogen and oxygen atoms in total. The fourth-order valence-corrected chi connectivity index (χ4v) is 4.40. The maximum Gasteiger partial charge on any atom is 0.494 e. The average molecular weight is 542 g/mol. The number of ether oxygens (including phenoxy) is 1. The monoisotopic (exact) mass is 542 g/mol. The molecule has 2 heterocycles. The van der Waals surface area contributed by atoms with Gasteiger partial charge in [0.2, 0.25) is 0 Å². The number of nitrogens with zero attached hydrogens (tertiary/aromatic N) is 2. The summed E-state index contributed by atoms with van der Waals surface area (Å²) in [6, 6.07) is 4.39. The van der Waals surface area contributed by atoms with Crippen LogP contribution < -0.4 is 5.46 Å². The molecule has 1 amide bonds. The van der Waals surface area contributed by atoms with Crippen molar-refractivity contribution in [2.45, 2.75) is 78.7 Å². The van der Waals surface area contributed by atoms with Crippen LogP contribution in [-0.4, -0.2) is 66.0 Å². The maximum atomic E-state index is 12.3. The molecule has 8 heteroatoms. The third kappa shape index (κ3) is 5.75. The highest BCUT2D eigenvalue weighted by molar-refractivity contribution is 14.1. The highest BCUT2D eigenvalue weighted by atomic mass is 127. The third-order valence-corrected chi connectivity index (χ3v) is 7.54. The van der Waals surface area contributed by atoms with Gasteiger partial charge in [0, 0.05) is 36.3 Å². The standard InChI is InChI=1S/C23H36BIN2O4/c1-16-17(15-26-9-11-27(12-10-26)20(28)29-21(2,3)4)13-18(14-19(16)25)24-30-22(5,6)23(7,8)31-24/h13-14H,9-12,15H2,1-8H3. The number of carbonyl (C=O) groups excluding carboxylic acids is 1.